The number of anilines is 1. The molecule has 2 heterocycles. The van der Waals surface area contributed by atoms with Gasteiger partial charge < -0.3 is 5.32 Å². The largest absolute Gasteiger partial charge is 0.354 e. The minimum atomic E-state index is -3.28. The van der Waals surface area contributed by atoms with Crippen molar-refractivity contribution >= 4 is 33.0 Å². The fourth-order valence-electron chi connectivity index (χ4n) is 4.25. The number of fused-ring (bicyclic) bond motifs is 2. The highest BCUT2D eigenvalue weighted by Gasteiger charge is 2.32. The van der Waals surface area contributed by atoms with Crippen molar-refractivity contribution in [2.45, 2.75) is 75.3 Å². The third kappa shape index (κ3) is 3.73. The zero-order valence-corrected chi connectivity index (χ0v) is 19.0. The number of nitrogens with two attached hydrogens (primary N) is 1. The summed E-state index contributed by atoms with van der Waals surface area (Å²) in [6.45, 7) is 8.47. The second-order valence-corrected chi connectivity index (χ2v) is 11.5. The maximum absolute atomic E-state index is 12.9. The number of carbonyl (C=O) groups excluding carboxylic acids is 1. The average Bonchev–Trinajstić information content (AvgIpc) is 3.35. The van der Waals surface area contributed by atoms with Crippen LogP contribution in [0.2, 0.25) is 0 Å². The van der Waals surface area contributed by atoms with E-state index in [9.17, 15) is 9.00 Å². The normalized spacial score (nSPS) is 22.3. The van der Waals surface area contributed by atoms with Gasteiger partial charge in [-0.05, 0) is 71.6 Å². The molecule has 156 valence electrons. The second kappa shape index (κ2) is 7.49. The Bertz CT molecular complexity index is 1060. The summed E-state index contributed by atoms with van der Waals surface area (Å²) in [6, 6.07) is 1.14. The van der Waals surface area contributed by atoms with Crippen LogP contribution in [0.1, 0.15) is 86.4 Å². The summed E-state index contributed by atoms with van der Waals surface area (Å²) in [5, 5.41) is 10.8. The number of amides is 2. The molecular weight excluding hydrogens is 404 g/mol. The predicted octanol–water partition coefficient (Wildman–Crippen LogP) is 5.30. The fourth-order valence-corrected chi connectivity index (χ4v) is 6.55. The molecule has 2 aromatic rings. The van der Waals surface area contributed by atoms with E-state index in [1.807, 2.05) is 5.38 Å². The summed E-state index contributed by atoms with van der Waals surface area (Å²) in [6.07, 6.45) is 3.84. The maximum atomic E-state index is 12.9. The highest BCUT2D eigenvalue weighted by atomic mass is 32.2. The summed E-state index contributed by atoms with van der Waals surface area (Å²) in [4.78, 5) is 17.7. The van der Waals surface area contributed by atoms with E-state index in [-0.39, 0.29) is 0 Å². The second-order valence-electron chi connectivity index (χ2n) is 8.54. The molecule has 0 aliphatic heterocycles. The van der Waals surface area contributed by atoms with Gasteiger partial charge in [0.25, 0.3) is 0 Å². The molecule has 3 N–H and O–H groups in total. The van der Waals surface area contributed by atoms with Gasteiger partial charge in [-0.15, -0.1) is 15.7 Å². The molecule has 0 saturated heterocycles. The minimum absolute atomic E-state index is 0.301. The van der Waals surface area contributed by atoms with E-state index in [1.54, 1.807) is 6.07 Å². The molecule has 2 aliphatic carbocycles. The molecule has 6 nitrogen and oxygen atoms in total. The van der Waals surface area contributed by atoms with E-state index in [1.165, 1.54) is 11.3 Å². The molecule has 0 aromatic carbocycles. The molecule has 2 aromatic heterocycles. The van der Waals surface area contributed by atoms with E-state index in [4.69, 9.17) is 10.1 Å². The van der Waals surface area contributed by atoms with Crippen LogP contribution >= 0.6 is 11.3 Å². The SMILES string of the molecule is CC(C)c1csc(S(N)(=O)=NC(=O)Nc2c3c(nc4c2CCC4C)C(C)CC3)c1. The summed E-state index contributed by atoms with van der Waals surface area (Å²) in [5.74, 6) is 1.07. The van der Waals surface area contributed by atoms with Crippen LogP contribution in [0.15, 0.2) is 20.0 Å². The van der Waals surface area contributed by atoms with Crippen LogP contribution in [-0.4, -0.2) is 15.2 Å². The summed E-state index contributed by atoms with van der Waals surface area (Å²) < 4.78 is 17.3. The number of aromatic nitrogens is 1. The molecule has 3 atom stereocenters. The van der Waals surface area contributed by atoms with E-state index in [2.05, 4.69) is 37.4 Å². The lowest BCUT2D eigenvalue weighted by Crippen LogP contribution is -2.18. The smallest absolute Gasteiger partial charge is 0.305 e. The van der Waals surface area contributed by atoms with Crippen molar-refractivity contribution < 1.29 is 9.00 Å². The van der Waals surface area contributed by atoms with Crippen LogP contribution in [0, 0.1) is 0 Å². The number of rotatable bonds is 3. The van der Waals surface area contributed by atoms with Gasteiger partial charge in [-0.2, -0.15) is 0 Å². The maximum Gasteiger partial charge on any atom is 0.354 e. The van der Waals surface area contributed by atoms with Gasteiger partial charge in [-0.3, -0.25) is 4.98 Å². The highest BCUT2D eigenvalue weighted by molar-refractivity contribution is 7.93. The van der Waals surface area contributed by atoms with Gasteiger partial charge in [0, 0.05) is 11.4 Å². The number of urea groups is 1. The molecular formula is C21H28N4O2S2. The predicted molar refractivity (Wildman–Crippen MR) is 118 cm³/mol. The Morgan fingerprint density at radius 3 is 2.34 bits per heavy atom. The van der Waals surface area contributed by atoms with Crippen molar-refractivity contribution in [1.82, 2.24) is 4.98 Å². The van der Waals surface area contributed by atoms with Crippen molar-refractivity contribution in [3.05, 3.63) is 39.5 Å². The lowest BCUT2D eigenvalue weighted by molar-refractivity contribution is 0.260. The number of nitrogens with one attached hydrogen (secondary N) is 1. The average molecular weight is 433 g/mol. The molecule has 29 heavy (non-hydrogen) atoms. The highest BCUT2D eigenvalue weighted by Crippen LogP contribution is 2.44. The van der Waals surface area contributed by atoms with Crippen molar-refractivity contribution in [3.63, 3.8) is 0 Å². The van der Waals surface area contributed by atoms with Crippen LogP contribution in [0.25, 0.3) is 0 Å². The molecule has 0 spiro atoms. The number of nitrogens with zero attached hydrogens (tertiary/aromatic N) is 2. The number of hydrogen-bond acceptors (Lipinski definition) is 4. The van der Waals surface area contributed by atoms with Gasteiger partial charge in [-0.25, -0.2) is 14.1 Å². The molecule has 0 saturated carbocycles. The standard InChI is InChI=1S/C21H28N4O2S2/c1-11(2)14-9-17(28-10-14)29(22,27)25-21(26)24-20-15-7-5-12(3)18(15)23-19-13(4)6-8-16(19)20/h9-13H,5-8H2,1-4H3,(H3,22,23,24,25,26,27). The number of pyridine rings is 1. The van der Waals surface area contributed by atoms with Crippen molar-refractivity contribution in [2.24, 2.45) is 9.50 Å². The Balaban J connectivity index is 1.69. The van der Waals surface area contributed by atoms with Gasteiger partial charge in [0.15, 0.2) is 9.92 Å². The Hall–Kier alpha value is -1.77. The van der Waals surface area contributed by atoms with Crippen LogP contribution < -0.4 is 10.5 Å². The van der Waals surface area contributed by atoms with Gasteiger partial charge in [-0.1, -0.05) is 27.7 Å². The Morgan fingerprint density at radius 2 is 1.83 bits per heavy atom. The first-order valence-electron chi connectivity index (χ1n) is 10.2. The van der Waals surface area contributed by atoms with Gasteiger partial charge >= 0.3 is 6.03 Å². The molecule has 0 bridgehead atoms. The fraction of sp³-hybridized carbons (Fsp3) is 0.524. The lowest BCUT2D eigenvalue weighted by Gasteiger charge is -2.16. The van der Waals surface area contributed by atoms with Crippen molar-refractivity contribution in [2.75, 3.05) is 5.32 Å². The first-order valence-corrected chi connectivity index (χ1v) is 12.6. The third-order valence-corrected chi connectivity index (χ3v) is 8.93. The quantitative estimate of drug-likeness (QED) is 0.689. The van der Waals surface area contributed by atoms with Crippen LogP contribution in [-0.2, 0) is 22.8 Å². The molecule has 2 aliphatic rings. The Kier molecular flexibility index (Phi) is 5.29. The molecule has 0 fully saturated rings. The van der Waals surface area contributed by atoms with E-state index in [0.29, 0.717) is 22.0 Å². The summed E-state index contributed by atoms with van der Waals surface area (Å²) >= 11 is 1.29. The lowest BCUT2D eigenvalue weighted by atomic mass is 10.0. The van der Waals surface area contributed by atoms with E-state index < -0.39 is 15.9 Å². The van der Waals surface area contributed by atoms with Crippen LogP contribution in [0.4, 0.5) is 10.5 Å². The first kappa shape index (κ1) is 20.5. The molecule has 4 rings (SSSR count). The van der Waals surface area contributed by atoms with E-state index >= 15 is 0 Å². The first-order chi connectivity index (χ1) is 13.7. The van der Waals surface area contributed by atoms with Gasteiger partial charge in [0.1, 0.15) is 4.21 Å². The van der Waals surface area contributed by atoms with Crippen molar-refractivity contribution in [1.29, 1.82) is 0 Å². The third-order valence-electron chi connectivity index (χ3n) is 6.05. The van der Waals surface area contributed by atoms with Gasteiger partial charge in [0.2, 0.25) is 0 Å². The molecule has 8 heteroatoms. The monoisotopic (exact) mass is 432 g/mol. The number of thiophene rings is 1. The zero-order valence-electron chi connectivity index (χ0n) is 17.3. The summed E-state index contributed by atoms with van der Waals surface area (Å²) in [7, 11) is -3.28. The Morgan fingerprint density at radius 1 is 1.24 bits per heavy atom. The van der Waals surface area contributed by atoms with Crippen LogP contribution in [0.3, 0.4) is 0 Å². The molecule has 2 amide bonds. The van der Waals surface area contributed by atoms with Crippen LogP contribution in [0.5, 0.6) is 0 Å². The van der Waals surface area contributed by atoms with Gasteiger partial charge in [0.05, 0.1) is 5.69 Å². The molecule has 3 unspecified atom stereocenters. The van der Waals surface area contributed by atoms with Crippen molar-refractivity contribution in [3.8, 4) is 0 Å². The zero-order chi connectivity index (χ0) is 20.9. The minimum Gasteiger partial charge on any atom is -0.305 e. The summed E-state index contributed by atoms with van der Waals surface area (Å²) in [5.41, 5.74) is 6.26. The Labute approximate surface area is 176 Å². The number of carbonyl (C=O) groups is 1. The number of hydrogen-bond donors (Lipinski definition) is 2. The molecule has 0 radical (unpaired) electrons. The van der Waals surface area contributed by atoms with E-state index in [0.717, 1.165) is 59.4 Å². The topological polar surface area (TPSA) is 97.4 Å².